The van der Waals surface area contributed by atoms with Gasteiger partial charge in [0.2, 0.25) is 5.91 Å². The van der Waals surface area contributed by atoms with Gasteiger partial charge in [0.1, 0.15) is 17.2 Å². The summed E-state index contributed by atoms with van der Waals surface area (Å²) in [4.78, 5) is 37.7. The number of nitrogens with zero attached hydrogens (tertiary/aromatic N) is 4. The third-order valence-electron chi connectivity index (χ3n) is 6.55. The van der Waals surface area contributed by atoms with Crippen molar-refractivity contribution in [2.75, 3.05) is 26.2 Å². The summed E-state index contributed by atoms with van der Waals surface area (Å²) in [6, 6.07) is 4.03. The Balaban J connectivity index is 1.55. The fourth-order valence-electron chi connectivity index (χ4n) is 4.59. The number of likely N-dealkylation sites (tertiary alicyclic amines) is 2. The minimum atomic E-state index is -0.0809. The molecule has 164 valence electrons. The molecule has 0 aromatic carbocycles. The molecule has 1 amide bonds. The largest absolute Gasteiger partial charge is 0.341 e. The average Bonchev–Trinajstić information content (AvgIpc) is 3.53. The molecule has 0 aliphatic carbocycles. The van der Waals surface area contributed by atoms with Crippen molar-refractivity contribution in [2.24, 2.45) is 5.92 Å². The maximum absolute atomic E-state index is 13.7. The summed E-state index contributed by atoms with van der Waals surface area (Å²) in [6.07, 6.45) is 4.43. The number of hydrogen-bond donors (Lipinski definition) is 0. The second kappa shape index (κ2) is 8.84. The first-order valence-electron chi connectivity index (χ1n) is 11.1. The van der Waals surface area contributed by atoms with E-state index in [0.29, 0.717) is 11.9 Å². The second-order valence-corrected chi connectivity index (χ2v) is 10.6. The van der Waals surface area contributed by atoms with Gasteiger partial charge in [0.25, 0.3) is 5.56 Å². The van der Waals surface area contributed by atoms with E-state index in [9.17, 15) is 9.59 Å². The Bertz CT molecular complexity index is 1120. The average molecular weight is 457 g/mol. The summed E-state index contributed by atoms with van der Waals surface area (Å²) in [5.74, 6) is 1.50. The van der Waals surface area contributed by atoms with Crippen molar-refractivity contribution in [3.8, 4) is 10.4 Å². The summed E-state index contributed by atoms with van der Waals surface area (Å²) in [6.45, 7) is 6.62. The zero-order chi connectivity index (χ0) is 21.4. The highest BCUT2D eigenvalue weighted by Crippen LogP contribution is 2.34. The number of amides is 1. The lowest BCUT2D eigenvalue weighted by Crippen LogP contribution is -2.39. The lowest BCUT2D eigenvalue weighted by Gasteiger charge is -2.30. The molecule has 0 atom stereocenters. The third kappa shape index (κ3) is 4.21. The first-order valence-corrected chi connectivity index (χ1v) is 12.9. The molecular formula is C23H28N4O2S2. The van der Waals surface area contributed by atoms with E-state index >= 15 is 0 Å². The minimum absolute atomic E-state index is 0.0298. The van der Waals surface area contributed by atoms with Gasteiger partial charge in [0, 0.05) is 28.9 Å². The highest BCUT2D eigenvalue weighted by molar-refractivity contribution is 7.18. The topological polar surface area (TPSA) is 58.4 Å². The molecule has 2 aliphatic heterocycles. The maximum atomic E-state index is 13.7. The Morgan fingerprint density at radius 3 is 2.65 bits per heavy atom. The number of piperidine rings is 1. The van der Waals surface area contributed by atoms with Crippen LogP contribution in [0.3, 0.4) is 0 Å². The van der Waals surface area contributed by atoms with Crippen LogP contribution >= 0.6 is 22.7 Å². The van der Waals surface area contributed by atoms with E-state index in [2.05, 4.69) is 11.8 Å². The van der Waals surface area contributed by atoms with Crippen LogP contribution in [-0.4, -0.2) is 51.4 Å². The van der Waals surface area contributed by atoms with Crippen molar-refractivity contribution < 1.29 is 4.79 Å². The van der Waals surface area contributed by atoms with Crippen LogP contribution in [0.4, 0.5) is 0 Å². The monoisotopic (exact) mass is 456 g/mol. The highest BCUT2D eigenvalue weighted by atomic mass is 32.1. The number of thiophene rings is 2. The van der Waals surface area contributed by atoms with E-state index in [1.54, 1.807) is 15.9 Å². The van der Waals surface area contributed by atoms with Crippen molar-refractivity contribution >= 4 is 38.8 Å². The molecule has 0 bridgehead atoms. The Hall–Kier alpha value is -2.03. The van der Waals surface area contributed by atoms with Gasteiger partial charge >= 0.3 is 0 Å². The summed E-state index contributed by atoms with van der Waals surface area (Å²) in [5, 5.41) is 4.70. The van der Waals surface area contributed by atoms with E-state index in [1.807, 2.05) is 27.8 Å². The second-order valence-electron chi connectivity index (χ2n) is 8.77. The molecule has 0 saturated carbocycles. The van der Waals surface area contributed by atoms with Crippen molar-refractivity contribution in [2.45, 2.75) is 45.7 Å². The standard InChI is InChI=1S/C23H28N4O2S2/c1-16-6-10-25(11-7-16)13-19-24-22-21(17(15-31-22)18-5-4-12-30-18)23(29)27(19)14-20(28)26-8-2-3-9-26/h4-5,12,15-16H,2-3,6-11,13-14H2,1H3. The molecule has 3 aromatic heterocycles. The third-order valence-corrected chi connectivity index (χ3v) is 8.33. The summed E-state index contributed by atoms with van der Waals surface area (Å²) in [7, 11) is 0. The lowest BCUT2D eigenvalue weighted by atomic mass is 9.99. The van der Waals surface area contributed by atoms with E-state index in [4.69, 9.17) is 4.98 Å². The quantitative estimate of drug-likeness (QED) is 0.581. The molecule has 5 rings (SSSR count). The summed E-state index contributed by atoms with van der Waals surface area (Å²) >= 11 is 3.15. The first-order chi connectivity index (χ1) is 15.1. The Morgan fingerprint density at radius 1 is 1.16 bits per heavy atom. The van der Waals surface area contributed by atoms with Crippen LogP contribution in [0.1, 0.15) is 38.4 Å². The number of fused-ring (bicyclic) bond motifs is 1. The van der Waals surface area contributed by atoms with E-state index in [-0.39, 0.29) is 18.0 Å². The Kier molecular flexibility index (Phi) is 5.95. The van der Waals surface area contributed by atoms with Gasteiger partial charge in [-0.25, -0.2) is 4.98 Å². The molecule has 3 aromatic rings. The van der Waals surface area contributed by atoms with Crippen LogP contribution < -0.4 is 5.56 Å². The van der Waals surface area contributed by atoms with E-state index < -0.39 is 0 Å². The smallest absolute Gasteiger partial charge is 0.263 e. The van der Waals surface area contributed by atoms with Crippen molar-refractivity contribution in [1.82, 2.24) is 19.4 Å². The number of carbonyl (C=O) groups excluding carboxylic acids is 1. The van der Waals surface area contributed by atoms with Crippen molar-refractivity contribution in [3.05, 3.63) is 39.1 Å². The zero-order valence-electron chi connectivity index (χ0n) is 17.9. The van der Waals surface area contributed by atoms with Gasteiger partial charge in [0.15, 0.2) is 0 Å². The molecule has 5 heterocycles. The van der Waals surface area contributed by atoms with Gasteiger partial charge in [-0.15, -0.1) is 22.7 Å². The molecule has 0 radical (unpaired) electrons. The fourth-order valence-corrected chi connectivity index (χ4v) is 6.36. The van der Waals surface area contributed by atoms with E-state index in [0.717, 1.165) is 66.0 Å². The van der Waals surface area contributed by atoms with Crippen LogP contribution in [0, 0.1) is 5.92 Å². The molecule has 0 unspecified atom stereocenters. The van der Waals surface area contributed by atoms with Crippen LogP contribution in [0.2, 0.25) is 0 Å². The molecule has 2 fully saturated rings. The molecule has 31 heavy (non-hydrogen) atoms. The number of rotatable bonds is 5. The predicted octanol–water partition coefficient (Wildman–Crippen LogP) is 4.04. The molecule has 0 N–H and O–H groups in total. The van der Waals surface area contributed by atoms with Gasteiger partial charge in [0.05, 0.1) is 11.9 Å². The Labute approximate surface area is 190 Å². The fraction of sp³-hybridized carbons (Fsp3) is 0.522. The normalized spacial score (nSPS) is 18.3. The van der Waals surface area contributed by atoms with Crippen LogP contribution in [0.15, 0.2) is 27.7 Å². The molecule has 2 aliphatic rings. The molecule has 8 heteroatoms. The highest BCUT2D eigenvalue weighted by Gasteiger charge is 2.24. The zero-order valence-corrected chi connectivity index (χ0v) is 19.5. The summed E-state index contributed by atoms with van der Waals surface area (Å²) < 4.78 is 1.66. The maximum Gasteiger partial charge on any atom is 0.263 e. The van der Waals surface area contributed by atoms with Gasteiger partial charge in [-0.2, -0.15) is 0 Å². The van der Waals surface area contributed by atoms with Gasteiger partial charge in [-0.1, -0.05) is 13.0 Å². The van der Waals surface area contributed by atoms with Crippen molar-refractivity contribution in [3.63, 3.8) is 0 Å². The summed E-state index contributed by atoms with van der Waals surface area (Å²) in [5.41, 5.74) is 0.857. The number of hydrogen-bond acceptors (Lipinski definition) is 6. The van der Waals surface area contributed by atoms with Crippen LogP contribution in [-0.2, 0) is 17.9 Å². The molecule has 0 spiro atoms. The lowest BCUT2D eigenvalue weighted by molar-refractivity contribution is -0.130. The minimum Gasteiger partial charge on any atom is -0.341 e. The molecule has 6 nitrogen and oxygen atoms in total. The van der Waals surface area contributed by atoms with Crippen LogP contribution in [0.25, 0.3) is 20.7 Å². The van der Waals surface area contributed by atoms with Gasteiger partial charge in [-0.05, 0) is 56.1 Å². The molecular weight excluding hydrogens is 428 g/mol. The Morgan fingerprint density at radius 2 is 1.94 bits per heavy atom. The number of aromatic nitrogens is 2. The van der Waals surface area contributed by atoms with Crippen LogP contribution in [0.5, 0.6) is 0 Å². The van der Waals surface area contributed by atoms with Crippen molar-refractivity contribution in [1.29, 1.82) is 0 Å². The number of carbonyl (C=O) groups is 1. The van der Waals surface area contributed by atoms with E-state index in [1.165, 1.54) is 24.2 Å². The molecule has 2 saturated heterocycles. The SMILES string of the molecule is CC1CCN(Cc2nc3scc(-c4cccs4)c3c(=O)n2CC(=O)N2CCCC2)CC1. The van der Waals surface area contributed by atoms with Gasteiger partial charge in [-0.3, -0.25) is 19.1 Å². The van der Waals surface area contributed by atoms with Gasteiger partial charge < -0.3 is 4.90 Å². The predicted molar refractivity (Wildman–Crippen MR) is 127 cm³/mol. The first kappa shape index (κ1) is 20.8.